The van der Waals surface area contributed by atoms with E-state index < -0.39 is 34.0 Å². The number of aliphatic hydroxyl groups is 1. The van der Waals surface area contributed by atoms with Crippen molar-refractivity contribution in [3.8, 4) is 0 Å². The first kappa shape index (κ1) is 21.2. The molecule has 8 heteroatoms. The summed E-state index contributed by atoms with van der Waals surface area (Å²) in [6.07, 6.45) is 1.13. The molecule has 2 aliphatic heterocycles. The predicted molar refractivity (Wildman–Crippen MR) is 101 cm³/mol. The van der Waals surface area contributed by atoms with Crippen LogP contribution in [-0.4, -0.2) is 49.5 Å². The molecule has 2 heterocycles. The Balaban J connectivity index is 1.66. The normalized spacial score (nSPS) is 31.7. The van der Waals surface area contributed by atoms with Gasteiger partial charge in [0.1, 0.15) is 11.7 Å². The van der Waals surface area contributed by atoms with Crippen molar-refractivity contribution in [3.63, 3.8) is 0 Å². The summed E-state index contributed by atoms with van der Waals surface area (Å²) in [6, 6.07) is 6.33. The molecular formula is C20H28O7S. The van der Waals surface area contributed by atoms with Crippen LogP contribution in [0, 0.1) is 6.92 Å². The van der Waals surface area contributed by atoms with Crippen molar-refractivity contribution in [3.05, 3.63) is 29.8 Å². The van der Waals surface area contributed by atoms with Crippen molar-refractivity contribution in [2.24, 2.45) is 0 Å². The number of esters is 1. The van der Waals surface area contributed by atoms with Crippen molar-refractivity contribution in [2.45, 2.75) is 81.2 Å². The van der Waals surface area contributed by atoms with Crippen LogP contribution in [0.5, 0.6) is 0 Å². The maximum absolute atomic E-state index is 12.4. The fraction of sp³-hybridized carbons (Fsp3) is 0.650. The Morgan fingerprint density at radius 1 is 1.29 bits per heavy atom. The van der Waals surface area contributed by atoms with Crippen LogP contribution >= 0.6 is 0 Å². The maximum atomic E-state index is 12.4. The molecule has 7 nitrogen and oxygen atoms in total. The van der Waals surface area contributed by atoms with Crippen molar-refractivity contribution in [2.75, 3.05) is 6.61 Å². The highest BCUT2D eigenvalue weighted by Crippen LogP contribution is 2.44. The summed E-state index contributed by atoms with van der Waals surface area (Å²) in [7, 11) is -3.97. The second-order valence-corrected chi connectivity index (χ2v) is 9.53. The standard InChI is InChI=1S/C20H28O7S/c1-4-20(12-9-17(26-20)19(3)11-10-18(22)27-19)16(21)13-25-28(23,24)15-7-5-14(2)6-8-15/h5-8,16-17,21H,4,9-13H2,1-3H3/t16-,17-,19+,20+/m1/s1. The fourth-order valence-corrected chi connectivity index (χ4v) is 4.88. The lowest BCUT2D eigenvalue weighted by molar-refractivity contribution is -0.183. The molecule has 0 unspecified atom stereocenters. The predicted octanol–water partition coefficient (Wildman–Crippen LogP) is 2.48. The van der Waals surface area contributed by atoms with Gasteiger partial charge in [-0.2, -0.15) is 8.42 Å². The Morgan fingerprint density at radius 3 is 2.54 bits per heavy atom. The van der Waals surface area contributed by atoms with Gasteiger partial charge in [0, 0.05) is 6.42 Å². The molecule has 0 radical (unpaired) electrons. The average Bonchev–Trinajstić information content (AvgIpc) is 3.25. The van der Waals surface area contributed by atoms with Gasteiger partial charge in [0.05, 0.1) is 23.2 Å². The zero-order valence-corrected chi connectivity index (χ0v) is 17.3. The first-order valence-electron chi connectivity index (χ1n) is 9.64. The van der Waals surface area contributed by atoms with Crippen LogP contribution in [-0.2, 0) is 28.6 Å². The smallest absolute Gasteiger partial charge is 0.306 e. The van der Waals surface area contributed by atoms with Gasteiger partial charge >= 0.3 is 5.97 Å². The molecule has 0 aliphatic carbocycles. The summed E-state index contributed by atoms with van der Waals surface area (Å²) >= 11 is 0. The molecule has 28 heavy (non-hydrogen) atoms. The minimum Gasteiger partial charge on any atom is -0.457 e. The number of carbonyl (C=O) groups is 1. The summed E-state index contributed by atoms with van der Waals surface area (Å²) in [4.78, 5) is 11.6. The highest BCUT2D eigenvalue weighted by atomic mass is 32.2. The van der Waals surface area contributed by atoms with Gasteiger partial charge in [-0.15, -0.1) is 0 Å². The van der Waals surface area contributed by atoms with Crippen molar-refractivity contribution >= 4 is 16.1 Å². The van der Waals surface area contributed by atoms with Crippen LogP contribution < -0.4 is 0 Å². The Kier molecular flexibility index (Phi) is 5.87. The van der Waals surface area contributed by atoms with E-state index in [1.54, 1.807) is 12.1 Å². The quantitative estimate of drug-likeness (QED) is 0.542. The molecule has 1 N–H and O–H groups in total. The van der Waals surface area contributed by atoms with E-state index in [9.17, 15) is 18.3 Å². The topological polar surface area (TPSA) is 99.1 Å². The summed E-state index contributed by atoms with van der Waals surface area (Å²) in [6.45, 7) is 5.19. The number of aliphatic hydroxyl groups excluding tert-OH is 1. The van der Waals surface area contributed by atoms with Crippen LogP contribution in [0.25, 0.3) is 0 Å². The van der Waals surface area contributed by atoms with Gasteiger partial charge in [0.2, 0.25) is 0 Å². The molecule has 0 bridgehead atoms. The first-order chi connectivity index (χ1) is 13.1. The Hall–Kier alpha value is -1.48. The number of carbonyl (C=O) groups excluding carboxylic acids is 1. The van der Waals surface area contributed by atoms with E-state index in [0.717, 1.165) is 5.56 Å². The molecular weight excluding hydrogens is 384 g/mol. The molecule has 0 amide bonds. The maximum Gasteiger partial charge on any atom is 0.306 e. The lowest BCUT2D eigenvalue weighted by Crippen LogP contribution is -2.48. The molecule has 156 valence electrons. The number of aryl methyl sites for hydroxylation is 1. The van der Waals surface area contributed by atoms with Crippen molar-refractivity contribution in [1.29, 1.82) is 0 Å². The summed E-state index contributed by atoms with van der Waals surface area (Å²) < 4.78 is 41.5. The van der Waals surface area contributed by atoms with Gasteiger partial charge in [-0.3, -0.25) is 8.98 Å². The van der Waals surface area contributed by atoms with Crippen LogP contribution in [0.4, 0.5) is 0 Å². The number of hydrogen-bond donors (Lipinski definition) is 1. The van der Waals surface area contributed by atoms with E-state index in [4.69, 9.17) is 13.7 Å². The molecule has 2 saturated heterocycles. The third kappa shape index (κ3) is 4.10. The number of ether oxygens (including phenoxy) is 2. The molecule has 0 aromatic heterocycles. The Labute approximate surface area is 166 Å². The second-order valence-electron chi connectivity index (χ2n) is 7.92. The summed E-state index contributed by atoms with van der Waals surface area (Å²) in [5.74, 6) is -0.242. The molecule has 1 aromatic rings. The van der Waals surface area contributed by atoms with Gasteiger partial charge < -0.3 is 14.6 Å². The van der Waals surface area contributed by atoms with E-state index in [1.807, 2.05) is 20.8 Å². The van der Waals surface area contributed by atoms with Gasteiger partial charge in [-0.05, 0) is 51.7 Å². The number of rotatable bonds is 7. The largest absolute Gasteiger partial charge is 0.457 e. The highest BCUT2D eigenvalue weighted by Gasteiger charge is 2.53. The molecule has 3 rings (SSSR count). The van der Waals surface area contributed by atoms with Gasteiger partial charge in [0.15, 0.2) is 0 Å². The minimum absolute atomic E-state index is 0.0476. The van der Waals surface area contributed by atoms with Crippen LogP contribution in [0.1, 0.15) is 51.5 Å². The van der Waals surface area contributed by atoms with E-state index in [2.05, 4.69) is 0 Å². The third-order valence-corrected chi connectivity index (χ3v) is 7.25. The Morgan fingerprint density at radius 2 is 1.96 bits per heavy atom. The number of cyclic esters (lactones) is 1. The summed E-state index contributed by atoms with van der Waals surface area (Å²) in [5.41, 5.74) is -0.691. The average molecular weight is 413 g/mol. The molecule has 2 fully saturated rings. The van der Waals surface area contributed by atoms with E-state index in [-0.39, 0.29) is 17.0 Å². The van der Waals surface area contributed by atoms with Crippen LogP contribution in [0.3, 0.4) is 0 Å². The van der Waals surface area contributed by atoms with Gasteiger partial charge in [-0.1, -0.05) is 24.6 Å². The van der Waals surface area contributed by atoms with Gasteiger partial charge in [0.25, 0.3) is 10.1 Å². The van der Waals surface area contributed by atoms with E-state index in [1.165, 1.54) is 12.1 Å². The molecule has 0 spiro atoms. The molecule has 2 aliphatic rings. The van der Waals surface area contributed by atoms with Crippen molar-refractivity contribution in [1.82, 2.24) is 0 Å². The Bertz CT molecular complexity index is 819. The second kappa shape index (κ2) is 7.74. The molecule has 0 saturated carbocycles. The lowest BCUT2D eigenvalue weighted by Gasteiger charge is -2.36. The van der Waals surface area contributed by atoms with Crippen molar-refractivity contribution < 1.29 is 32.0 Å². The first-order valence-corrected chi connectivity index (χ1v) is 11.0. The molecule has 4 atom stereocenters. The zero-order chi connectivity index (χ0) is 20.6. The monoisotopic (exact) mass is 412 g/mol. The van der Waals surface area contributed by atoms with Gasteiger partial charge in [-0.25, -0.2) is 0 Å². The van der Waals surface area contributed by atoms with E-state index in [0.29, 0.717) is 32.1 Å². The SMILES string of the molecule is CC[C@@]1([C@H](O)COS(=O)(=O)c2ccc(C)cc2)CC[C@H]([C@]2(C)CCC(=O)O2)O1. The van der Waals surface area contributed by atoms with Crippen LogP contribution in [0.15, 0.2) is 29.2 Å². The number of hydrogen-bond acceptors (Lipinski definition) is 7. The summed E-state index contributed by atoms with van der Waals surface area (Å²) in [5, 5.41) is 10.7. The number of benzene rings is 1. The highest BCUT2D eigenvalue weighted by molar-refractivity contribution is 7.86. The fourth-order valence-electron chi connectivity index (χ4n) is 3.97. The lowest BCUT2D eigenvalue weighted by atomic mass is 9.89. The molecule has 1 aromatic carbocycles. The van der Waals surface area contributed by atoms with E-state index >= 15 is 0 Å². The van der Waals surface area contributed by atoms with Crippen LogP contribution in [0.2, 0.25) is 0 Å². The minimum atomic E-state index is -3.97. The third-order valence-electron chi connectivity index (χ3n) is 5.96. The zero-order valence-electron chi connectivity index (χ0n) is 16.5.